The summed E-state index contributed by atoms with van der Waals surface area (Å²) in [6.07, 6.45) is 10.4. The molecule has 1 nitrogen and oxygen atoms in total. The average molecular weight is 266 g/mol. The number of aliphatic hydroxyl groups is 1. The summed E-state index contributed by atoms with van der Waals surface area (Å²) in [6.45, 7) is 2.27. The van der Waals surface area contributed by atoms with Crippen molar-refractivity contribution in [1.29, 1.82) is 0 Å². The highest BCUT2D eigenvalue weighted by molar-refractivity contribution is 7.09. The highest BCUT2D eigenvalue weighted by atomic mass is 32.1. The van der Waals surface area contributed by atoms with Crippen LogP contribution in [0.3, 0.4) is 0 Å². The van der Waals surface area contributed by atoms with Crippen LogP contribution in [0.25, 0.3) is 0 Å². The van der Waals surface area contributed by atoms with Gasteiger partial charge in [-0.1, -0.05) is 38.7 Å². The van der Waals surface area contributed by atoms with Crippen LogP contribution in [-0.4, -0.2) is 10.7 Å². The molecule has 0 aliphatic heterocycles. The van der Waals surface area contributed by atoms with Crippen molar-refractivity contribution < 1.29 is 5.11 Å². The van der Waals surface area contributed by atoms with E-state index in [2.05, 4.69) is 24.4 Å². The average Bonchev–Trinajstić information content (AvgIpc) is 2.81. The van der Waals surface area contributed by atoms with Crippen molar-refractivity contribution in [2.24, 2.45) is 5.92 Å². The molecule has 0 amide bonds. The van der Waals surface area contributed by atoms with Crippen molar-refractivity contribution in [3.8, 4) is 0 Å². The topological polar surface area (TPSA) is 20.2 Å². The van der Waals surface area contributed by atoms with Gasteiger partial charge in [0.15, 0.2) is 0 Å². The van der Waals surface area contributed by atoms with Crippen LogP contribution in [0.4, 0.5) is 0 Å². The minimum atomic E-state index is -0.382. The first-order chi connectivity index (χ1) is 8.72. The Kier molecular flexibility index (Phi) is 5.25. The maximum Gasteiger partial charge on any atom is 0.0651 e. The Balaban J connectivity index is 1.83. The number of thiophene rings is 1. The third kappa shape index (κ3) is 4.10. The minimum absolute atomic E-state index is 0.382. The summed E-state index contributed by atoms with van der Waals surface area (Å²) in [5.41, 5.74) is -0.382. The lowest BCUT2D eigenvalue weighted by molar-refractivity contribution is 0.0158. The van der Waals surface area contributed by atoms with Gasteiger partial charge in [0.05, 0.1) is 5.60 Å². The standard InChI is InChI=1S/C16H26OS/c1-2-5-14-6-3-10-16(17,11-8-14)12-9-15-7-4-13-18-15/h4,7,13-14,17H,2-3,5-6,8-12H2,1H3. The second-order valence-electron chi connectivity index (χ2n) is 5.89. The van der Waals surface area contributed by atoms with E-state index in [4.69, 9.17) is 0 Å². The fourth-order valence-electron chi connectivity index (χ4n) is 3.22. The first-order valence-electron chi connectivity index (χ1n) is 7.46. The van der Waals surface area contributed by atoms with E-state index in [0.717, 1.165) is 31.6 Å². The molecule has 0 radical (unpaired) electrons. The fourth-order valence-corrected chi connectivity index (χ4v) is 3.93. The van der Waals surface area contributed by atoms with Gasteiger partial charge in [-0.3, -0.25) is 0 Å². The van der Waals surface area contributed by atoms with Crippen molar-refractivity contribution >= 4 is 11.3 Å². The van der Waals surface area contributed by atoms with E-state index >= 15 is 0 Å². The SMILES string of the molecule is CCCC1CCCC(O)(CCc2cccs2)CC1. The van der Waals surface area contributed by atoms with Crippen molar-refractivity contribution in [2.45, 2.75) is 70.3 Å². The monoisotopic (exact) mass is 266 g/mol. The van der Waals surface area contributed by atoms with Gasteiger partial charge in [0.1, 0.15) is 0 Å². The Bertz CT molecular complexity index is 333. The van der Waals surface area contributed by atoms with Crippen LogP contribution in [0.15, 0.2) is 17.5 Å². The van der Waals surface area contributed by atoms with Crippen LogP contribution < -0.4 is 0 Å². The normalized spacial score (nSPS) is 29.1. The molecule has 1 aliphatic rings. The summed E-state index contributed by atoms with van der Waals surface area (Å²) in [6, 6.07) is 4.29. The van der Waals surface area contributed by atoms with Crippen molar-refractivity contribution in [3.05, 3.63) is 22.4 Å². The molecule has 2 unspecified atom stereocenters. The molecule has 1 fully saturated rings. The van der Waals surface area contributed by atoms with Gasteiger partial charge < -0.3 is 5.11 Å². The Morgan fingerprint density at radius 1 is 1.39 bits per heavy atom. The van der Waals surface area contributed by atoms with Crippen molar-refractivity contribution in [1.82, 2.24) is 0 Å². The quantitative estimate of drug-likeness (QED) is 0.760. The summed E-state index contributed by atoms with van der Waals surface area (Å²) in [5, 5.41) is 12.9. The van der Waals surface area contributed by atoms with Crippen LogP contribution in [0.1, 0.15) is 63.2 Å². The molecule has 1 heterocycles. The van der Waals surface area contributed by atoms with E-state index in [9.17, 15) is 5.11 Å². The molecule has 0 saturated heterocycles. The van der Waals surface area contributed by atoms with E-state index in [1.54, 1.807) is 0 Å². The summed E-state index contributed by atoms with van der Waals surface area (Å²) in [4.78, 5) is 1.41. The van der Waals surface area contributed by atoms with Gasteiger partial charge in [-0.05, 0) is 49.5 Å². The second-order valence-corrected chi connectivity index (χ2v) is 6.92. The van der Waals surface area contributed by atoms with Crippen LogP contribution in [0.5, 0.6) is 0 Å². The smallest absolute Gasteiger partial charge is 0.0651 e. The third-order valence-electron chi connectivity index (χ3n) is 4.39. The first-order valence-corrected chi connectivity index (χ1v) is 8.34. The van der Waals surface area contributed by atoms with E-state index in [1.165, 1.54) is 37.0 Å². The van der Waals surface area contributed by atoms with Crippen molar-refractivity contribution in [3.63, 3.8) is 0 Å². The lowest BCUT2D eigenvalue weighted by Crippen LogP contribution is -2.28. The van der Waals surface area contributed by atoms with Gasteiger partial charge in [-0.15, -0.1) is 11.3 Å². The Morgan fingerprint density at radius 3 is 3.00 bits per heavy atom. The van der Waals surface area contributed by atoms with Crippen molar-refractivity contribution in [2.75, 3.05) is 0 Å². The van der Waals surface area contributed by atoms with Gasteiger partial charge in [0.25, 0.3) is 0 Å². The number of hydrogen-bond acceptors (Lipinski definition) is 2. The zero-order valence-corrected chi connectivity index (χ0v) is 12.3. The van der Waals surface area contributed by atoms with Crippen LogP contribution in [0.2, 0.25) is 0 Å². The Morgan fingerprint density at radius 2 is 2.28 bits per heavy atom. The third-order valence-corrected chi connectivity index (χ3v) is 5.32. The van der Waals surface area contributed by atoms with E-state index in [-0.39, 0.29) is 5.60 Å². The molecule has 2 rings (SSSR count). The molecule has 2 atom stereocenters. The Labute approximate surface area is 115 Å². The lowest BCUT2D eigenvalue weighted by atomic mass is 9.88. The second kappa shape index (κ2) is 6.72. The van der Waals surface area contributed by atoms with Crippen LogP contribution >= 0.6 is 11.3 Å². The summed E-state index contributed by atoms with van der Waals surface area (Å²) < 4.78 is 0. The molecule has 1 saturated carbocycles. The summed E-state index contributed by atoms with van der Waals surface area (Å²) in [5.74, 6) is 0.866. The van der Waals surface area contributed by atoms with Crippen LogP contribution in [0, 0.1) is 5.92 Å². The summed E-state index contributed by atoms with van der Waals surface area (Å²) in [7, 11) is 0. The largest absolute Gasteiger partial charge is 0.390 e. The molecular formula is C16H26OS. The number of aryl methyl sites for hydroxylation is 1. The maximum absolute atomic E-state index is 10.7. The molecule has 0 bridgehead atoms. The zero-order valence-electron chi connectivity index (χ0n) is 11.5. The lowest BCUT2D eigenvalue weighted by Gasteiger charge is -2.26. The molecular weight excluding hydrogens is 240 g/mol. The van der Waals surface area contributed by atoms with Gasteiger partial charge in [-0.2, -0.15) is 0 Å². The predicted molar refractivity (Wildman–Crippen MR) is 79.1 cm³/mol. The molecule has 1 N–H and O–H groups in total. The van der Waals surface area contributed by atoms with E-state index < -0.39 is 0 Å². The fraction of sp³-hybridized carbons (Fsp3) is 0.750. The zero-order chi connectivity index (χ0) is 12.8. The predicted octanol–water partition coefficient (Wildman–Crippen LogP) is 4.79. The molecule has 1 aliphatic carbocycles. The van der Waals surface area contributed by atoms with E-state index in [1.807, 2.05) is 11.3 Å². The summed E-state index contributed by atoms with van der Waals surface area (Å²) >= 11 is 1.81. The van der Waals surface area contributed by atoms with Gasteiger partial charge in [0, 0.05) is 4.88 Å². The highest BCUT2D eigenvalue weighted by Gasteiger charge is 2.30. The molecule has 2 heteroatoms. The maximum atomic E-state index is 10.7. The minimum Gasteiger partial charge on any atom is -0.390 e. The Hall–Kier alpha value is -0.340. The number of hydrogen-bond donors (Lipinski definition) is 1. The van der Waals surface area contributed by atoms with Gasteiger partial charge in [-0.25, -0.2) is 0 Å². The molecule has 1 aromatic heterocycles. The van der Waals surface area contributed by atoms with E-state index in [0.29, 0.717) is 0 Å². The van der Waals surface area contributed by atoms with Gasteiger partial charge in [0.2, 0.25) is 0 Å². The first kappa shape index (κ1) is 14.1. The molecule has 0 aromatic carbocycles. The van der Waals surface area contributed by atoms with Crippen LogP contribution in [-0.2, 0) is 6.42 Å². The molecule has 1 aromatic rings. The molecule has 0 spiro atoms. The highest BCUT2D eigenvalue weighted by Crippen LogP contribution is 2.35. The van der Waals surface area contributed by atoms with Gasteiger partial charge >= 0.3 is 0 Å². The molecule has 18 heavy (non-hydrogen) atoms. The number of rotatable bonds is 5. The molecule has 102 valence electrons.